The minimum Gasteiger partial charge on any atom is -0.462 e. The number of thiophene rings is 1. The molecule has 0 radical (unpaired) electrons. The molecule has 180 valence electrons. The van der Waals surface area contributed by atoms with Crippen LogP contribution < -0.4 is 10.6 Å². The Hall–Kier alpha value is -2.95. The third-order valence-electron chi connectivity index (χ3n) is 5.90. The van der Waals surface area contributed by atoms with Gasteiger partial charge < -0.3 is 20.1 Å². The molecule has 10 nitrogen and oxygen atoms in total. The van der Waals surface area contributed by atoms with Crippen LogP contribution in [-0.4, -0.2) is 59.5 Å². The van der Waals surface area contributed by atoms with Gasteiger partial charge in [0.2, 0.25) is 0 Å². The zero-order chi connectivity index (χ0) is 24.3. The number of carbonyl (C=O) groups is 5. The fraction of sp³-hybridized carbons (Fsp3) is 0.591. The minimum absolute atomic E-state index is 0.213. The van der Waals surface area contributed by atoms with Crippen LogP contribution in [0.4, 0.5) is 9.80 Å². The molecule has 1 aromatic rings. The van der Waals surface area contributed by atoms with Crippen LogP contribution in [0.5, 0.6) is 0 Å². The first-order valence-electron chi connectivity index (χ1n) is 11.1. The molecule has 2 aliphatic rings. The molecule has 33 heavy (non-hydrogen) atoms. The number of rotatable bonds is 8. The van der Waals surface area contributed by atoms with Crippen molar-refractivity contribution < 1.29 is 33.4 Å². The van der Waals surface area contributed by atoms with E-state index >= 15 is 0 Å². The van der Waals surface area contributed by atoms with Crippen LogP contribution in [0.2, 0.25) is 0 Å². The number of esters is 2. The number of nitrogens with one attached hydrogen (secondary N) is 2. The standard InChI is InChI=1S/C22H29N3O7S/c1-5-22(4)20(29)25(21(30)24-22)11-15(26)32-12(3)17(27)23-18-16(19(28)31-6-2)13-9-7-8-10-14(13)33-18/h12H,5-11H2,1-4H3,(H,23,27)(H,24,30). The van der Waals surface area contributed by atoms with Crippen molar-refractivity contribution in [3.8, 4) is 0 Å². The summed E-state index contributed by atoms with van der Waals surface area (Å²) in [6, 6.07) is -0.679. The first kappa shape index (κ1) is 24.7. The number of nitrogens with zero attached hydrogens (tertiary/aromatic N) is 1. The van der Waals surface area contributed by atoms with Crippen molar-refractivity contribution in [2.24, 2.45) is 0 Å². The molecule has 0 bridgehead atoms. The van der Waals surface area contributed by atoms with E-state index in [4.69, 9.17) is 9.47 Å². The topological polar surface area (TPSA) is 131 Å². The maximum atomic E-state index is 12.7. The summed E-state index contributed by atoms with van der Waals surface area (Å²) in [7, 11) is 0. The molecule has 1 fully saturated rings. The number of ether oxygens (including phenoxy) is 2. The largest absolute Gasteiger partial charge is 0.462 e. The summed E-state index contributed by atoms with van der Waals surface area (Å²) in [5, 5.41) is 5.62. The smallest absolute Gasteiger partial charge is 0.341 e. The summed E-state index contributed by atoms with van der Waals surface area (Å²) in [5.74, 6) is -2.53. The van der Waals surface area contributed by atoms with Crippen molar-refractivity contribution in [2.75, 3.05) is 18.5 Å². The van der Waals surface area contributed by atoms with Crippen molar-refractivity contribution in [3.05, 3.63) is 16.0 Å². The molecule has 3 rings (SSSR count). The number of carbonyl (C=O) groups excluding carboxylic acids is 5. The fourth-order valence-corrected chi connectivity index (χ4v) is 5.11. The fourth-order valence-electron chi connectivity index (χ4n) is 3.83. The zero-order valence-electron chi connectivity index (χ0n) is 19.2. The van der Waals surface area contributed by atoms with Gasteiger partial charge in [0.05, 0.1) is 12.2 Å². The van der Waals surface area contributed by atoms with E-state index in [1.807, 2.05) is 0 Å². The van der Waals surface area contributed by atoms with Gasteiger partial charge in [0, 0.05) is 4.88 Å². The zero-order valence-corrected chi connectivity index (χ0v) is 20.1. The molecule has 0 aromatic carbocycles. The van der Waals surface area contributed by atoms with Gasteiger partial charge in [0.1, 0.15) is 17.1 Å². The molecular weight excluding hydrogens is 450 g/mol. The highest BCUT2D eigenvalue weighted by atomic mass is 32.1. The van der Waals surface area contributed by atoms with E-state index < -0.39 is 48.0 Å². The second-order valence-corrected chi connectivity index (χ2v) is 9.37. The summed E-state index contributed by atoms with van der Waals surface area (Å²) in [6.45, 7) is 6.04. The van der Waals surface area contributed by atoms with E-state index in [9.17, 15) is 24.0 Å². The molecule has 11 heteroatoms. The number of urea groups is 1. The maximum Gasteiger partial charge on any atom is 0.341 e. The summed E-state index contributed by atoms with van der Waals surface area (Å²) >= 11 is 1.33. The molecule has 1 saturated heterocycles. The van der Waals surface area contributed by atoms with E-state index in [0.29, 0.717) is 17.0 Å². The van der Waals surface area contributed by atoms with Gasteiger partial charge in [-0.3, -0.25) is 19.3 Å². The minimum atomic E-state index is -1.20. The molecule has 0 saturated carbocycles. The van der Waals surface area contributed by atoms with Crippen LogP contribution in [0, 0.1) is 0 Å². The van der Waals surface area contributed by atoms with Gasteiger partial charge >= 0.3 is 18.0 Å². The van der Waals surface area contributed by atoms with Crippen LogP contribution in [0.15, 0.2) is 0 Å². The van der Waals surface area contributed by atoms with E-state index in [1.54, 1.807) is 20.8 Å². The number of aryl methyl sites for hydroxylation is 1. The quantitative estimate of drug-likeness (QED) is 0.432. The Bertz CT molecular complexity index is 989. The summed E-state index contributed by atoms with van der Waals surface area (Å²) < 4.78 is 10.3. The van der Waals surface area contributed by atoms with Crippen LogP contribution >= 0.6 is 11.3 Å². The Kier molecular flexibility index (Phi) is 7.41. The predicted octanol–water partition coefficient (Wildman–Crippen LogP) is 2.39. The molecule has 1 aliphatic heterocycles. The summed E-state index contributed by atoms with van der Waals surface area (Å²) in [6.07, 6.45) is 2.70. The summed E-state index contributed by atoms with van der Waals surface area (Å²) in [5.41, 5.74) is 0.200. The van der Waals surface area contributed by atoms with Crippen molar-refractivity contribution in [1.29, 1.82) is 0 Å². The Morgan fingerprint density at radius 2 is 1.91 bits per heavy atom. The monoisotopic (exact) mass is 479 g/mol. The van der Waals surface area contributed by atoms with Crippen molar-refractivity contribution >= 4 is 46.1 Å². The van der Waals surface area contributed by atoms with Gasteiger partial charge in [0.15, 0.2) is 6.10 Å². The molecule has 4 amide bonds. The highest BCUT2D eigenvalue weighted by molar-refractivity contribution is 7.17. The van der Waals surface area contributed by atoms with Gasteiger partial charge in [-0.25, -0.2) is 9.59 Å². The van der Waals surface area contributed by atoms with Crippen LogP contribution in [0.25, 0.3) is 0 Å². The lowest BCUT2D eigenvalue weighted by atomic mass is 9.95. The molecule has 2 atom stereocenters. The first-order valence-corrected chi connectivity index (χ1v) is 11.9. The van der Waals surface area contributed by atoms with Crippen molar-refractivity contribution in [1.82, 2.24) is 10.2 Å². The van der Waals surface area contributed by atoms with Gasteiger partial charge in [0.25, 0.3) is 11.8 Å². The lowest BCUT2D eigenvalue weighted by Gasteiger charge is -2.19. The third-order valence-corrected chi connectivity index (χ3v) is 7.11. The van der Waals surface area contributed by atoms with Crippen LogP contribution in [-0.2, 0) is 36.7 Å². The molecule has 1 aromatic heterocycles. The predicted molar refractivity (Wildman–Crippen MR) is 120 cm³/mol. The van der Waals surface area contributed by atoms with Crippen LogP contribution in [0.3, 0.4) is 0 Å². The lowest BCUT2D eigenvalue weighted by Crippen LogP contribution is -2.44. The number of anilines is 1. The SMILES string of the molecule is CCOC(=O)c1c(NC(=O)C(C)OC(=O)CN2C(=O)NC(C)(CC)C2=O)sc2c1CCCC2. The maximum absolute atomic E-state index is 12.7. The number of hydrogen-bond donors (Lipinski definition) is 2. The Morgan fingerprint density at radius 3 is 2.55 bits per heavy atom. The second kappa shape index (κ2) is 9.90. The van der Waals surface area contributed by atoms with E-state index in [2.05, 4.69) is 10.6 Å². The highest BCUT2D eigenvalue weighted by Crippen LogP contribution is 2.38. The van der Waals surface area contributed by atoms with Gasteiger partial charge in [-0.15, -0.1) is 11.3 Å². The summed E-state index contributed by atoms with van der Waals surface area (Å²) in [4.78, 5) is 63.9. The molecule has 2 unspecified atom stereocenters. The second-order valence-electron chi connectivity index (χ2n) is 8.26. The normalized spacial score (nSPS) is 20.7. The van der Waals surface area contributed by atoms with Crippen molar-refractivity contribution in [3.63, 3.8) is 0 Å². The lowest BCUT2D eigenvalue weighted by molar-refractivity contribution is -0.155. The molecule has 1 aliphatic carbocycles. The van der Waals surface area contributed by atoms with Gasteiger partial charge in [-0.05, 0) is 58.4 Å². The van der Waals surface area contributed by atoms with Gasteiger partial charge in [-0.2, -0.15) is 0 Å². The number of fused-ring (bicyclic) bond motifs is 1. The Morgan fingerprint density at radius 1 is 1.21 bits per heavy atom. The Labute approximate surface area is 196 Å². The van der Waals surface area contributed by atoms with E-state index in [0.717, 1.165) is 41.0 Å². The number of imide groups is 1. The van der Waals surface area contributed by atoms with E-state index in [1.165, 1.54) is 18.3 Å². The molecule has 0 spiro atoms. The van der Waals surface area contributed by atoms with Gasteiger partial charge in [-0.1, -0.05) is 6.92 Å². The number of hydrogen-bond acceptors (Lipinski definition) is 8. The molecule has 2 N–H and O–H groups in total. The van der Waals surface area contributed by atoms with Crippen LogP contribution in [0.1, 0.15) is 67.8 Å². The third kappa shape index (κ3) is 5.02. The molecule has 2 heterocycles. The number of amides is 4. The highest BCUT2D eigenvalue weighted by Gasteiger charge is 2.47. The Balaban J connectivity index is 1.66. The van der Waals surface area contributed by atoms with Crippen molar-refractivity contribution in [2.45, 2.75) is 71.4 Å². The molecular formula is C22H29N3O7S. The average molecular weight is 480 g/mol. The van der Waals surface area contributed by atoms with E-state index in [-0.39, 0.29) is 6.61 Å². The first-order chi connectivity index (χ1) is 15.6. The average Bonchev–Trinajstić information content (AvgIpc) is 3.23.